The van der Waals surface area contributed by atoms with E-state index in [0.717, 1.165) is 5.57 Å². The molecule has 0 rings (SSSR count). The second-order valence-electron chi connectivity index (χ2n) is 1.73. The molecular weight excluding hydrogens is 124 g/mol. The molecule has 0 aliphatic rings. The molecule has 0 heterocycles. The summed E-state index contributed by atoms with van der Waals surface area (Å²) in [6.07, 6.45) is 0.642. The lowest BCUT2D eigenvalue weighted by Gasteiger charge is -1.91. The molecule has 8 heavy (non-hydrogen) atoms. The van der Waals surface area contributed by atoms with E-state index in [9.17, 15) is 4.21 Å². The smallest absolute Gasteiger partial charge is 0.153 e. The minimum atomic E-state index is -1.65. The molecule has 0 saturated carbocycles. The number of hydrogen-bond donors (Lipinski definition) is 1. The maximum Gasteiger partial charge on any atom is 0.153 e. The second kappa shape index (κ2) is 3.80. The monoisotopic (exact) mass is 134 g/mol. The molecule has 0 fully saturated rings. The first-order valence-corrected chi connectivity index (χ1v) is 3.62. The van der Waals surface area contributed by atoms with Gasteiger partial charge in [0.1, 0.15) is 0 Å². The van der Waals surface area contributed by atoms with Gasteiger partial charge in [0.25, 0.3) is 0 Å². The van der Waals surface area contributed by atoms with Crippen LogP contribution in [-0.2, 0) is 11.1 Å². The van der Waals surface area contributed by atoms with Crippen LogP contribution in [0.5, 0.6) is 0 Å². The largest absolute Gasteiger partial charge is 0.306 e. The molecule has 0 radical (unpaired) electrons. The zero-order chi connectivity index (χ0) is 6.57. The van der Waals surface area contributed by atoms with Crippen LogP contribution in [0.15, 0.2) is 12.2 Å². The Morgan fingerprint density at radius 1 is 1.88 bits per heavy atom. The van der Waals surface area contributed by atoms with Crippen LogP contribution in [0.1, 0.15) is 13.3 Å². The molecule has 0 spiro atoms. The Kier molecular flexibility index (Phi) is 3.73. The van der Waals surface area contributed by atoms with Crippen LogP contribution in [0.2, 0.25) is 0 Å². The summed E-state index contributed by atoms with van der Waals surface area (Å²) in [5.74, 6) is 0.315. The van der Waals surface area contributed by atoms with Crippen molar-refractivity contribution in [1.29, 1.82) is 0 Å². The highest BCUT2D eigenvalue weighted by molar-refractivity contribution is 7.79. The van der Waals surface area contributed by atoms with Gasteiger partial charge in [-0.2, -0.15) is 0 Å². The van der Waals surface area contributed by atoms with E-state index in [0.29, 0.717) is 12.2 Å². The zero-order valence-corrected chi connectivity index (χ0v) is 5.70. The molecule has 48 valence electrons. The van der Waals surface area contributed by atoms with Gasteiger partial charge in [-0.1, -0.05) is 5.57 Å². The highest BCUT2D eigenvalue weighted by Crippen LogP contribution is 1.94. The van der Waals surface area contributed by atoms with Crippen LogP contribution in [0.3, 0.4) is 0 Å². The molecule has 0 amide bonds. The maximum atomic E-state index is 9.97. The van der Waals surface area contributed by atoms with Crippen molar-refractivity contribution in [2.45, 2.75) is 13.3 Å². The summed E-state index contributed by atoms with van der Waals surface area (Å²) >= 11 is -1.65. The van der Waals surface area contributed by atoms with E-state index in [-0.39, 0.29) is 0 Å². The molecule has 0 aliphatic carbocycles. The second-order valence-corrected chi connectivity index (χ2v) is 2.78. The van der Waals surface area contributed by atoms with E-state index in [1.54, 1.807) is 0 Å². The minimum absolute atomic E-state index is 0.315. The van der Waals surface area contributed by atoms with Crippen molar-refractivity contribution in [1.82, 2.24) is 0 Å². The molecule has 1 atom stereocenters. The van der Waals surface area contributed by atoms with Gasteiger partial charge in [-0.25, -0.2) is 4.21 Å². The predicted molar refractivity (Wildman–Crippen MR) is 35.1 cm³/mol. The van der Waals surface area contributed by atoms with E-state index in [4.69, 9.17) is 4.55 Å². The van der Waals surface area contributed by atoms with Crippen molar-refractivity contribution in [2.75, 3.05) is 5.75 Å². The van der Waals surface area contributed by atoms with E-state index in [1.807, 2.05) is 6.92 Å². The normalized spacial score (nSPS) is 13.2. The van der Waals surface area contributed by atoms with Crippen LogP contribution >= 0.6 is 0 Å². The summed E-state index contributed by atoms with van der Waals surface area (Å²) in [4.78, 5) is 0. The lowest BCUT2D eigenvalue weighted by molar-refractivity contribution is 0.563. The van der Waals surface area contributed by atoms with E-state index < -0.39 is 11.1 Å². The summed E-state index contributed by atoms with van der Waals surface area (Å²) in [6.45, 7) is 5.42. The first-order valence-electron chi connectivity index (χ1n) is 2.35. The summed E-state index contributed by atoms with van der Waals surface area (Å²) in [5, 5.41) is 0. The minimum Gasteiger partial charge on any atom is -0.306 e. The lowest BCUT2D eigenvalue weighted by atomic mass is 10.3. The van der Waals surface area contributed by atoms with Gasteiger partial charge in [0.05, 0.1) is 5.75 Å². The Labute approximate surface area is 51.9 Å². The van der Waals surface area contributed by atoms with Crippen molar-refractivity contribution < 1.29 is 8.76 Å². The highest BCUT2D eigenvalue weighted by atomic mass is 32.2. The lowest BCUT2D eigenvalue weighted by Crippen LogP contribution is -1.93. The van der Waals surface area contributed by atoms with Crippen LogP contribution in [0, 0.1) is 0 Å². The van der Waals surface area contributed by atoms with Gasteiger partial charge >= 0.3 is 0 Å². The molecule has 0 aromatic carbocycles. The molecule has 3 heteroatoms. The Hall–Kier alpha value is -0.150. The molecule has 2 nitrogen and oxygen atoms in total. The third kappa shape index (κ3) is 5.85. The van der Waals surface area contributed by atoms with Crippen molar-refractivity contribution in [2.24, 2.45) is 0 Å². The van der Waals surface area contributed by atoms with Gasteiger partial charge in [-0.3, -0.25) is 0 Å². The highest BCUT2D eigenvalue weighted by Gasteiger charge is 1.91. The predicted octanol–water partition coefficient (Wildman–Crippen LogP) is 1.17. The fourth-order valence-corrected chi connectivity index (χ4v) is 0.785. The van der Waals surface area contributed by atoms with Gasteiger partial charge in [-0.05, 0) is 13.3 Å². The Morgan fingerprint density at radius 3 is 2.50 bits per heavy atom. The van der Waals surface area contributed by atoms with Crippen molar-refractivity contribution in [3.05, 3.63) is 12.2 Å². The molecule has 1 N–H and O–H groups in total. The Balaban J connectivity index is 3.18. The first kappa shape index (κ1) is 7.85. The molecule has 0 aromatic heterocycles. The molecule has 1 unspecified atom stereocenters. The zero-order valence-electron chi connectivity index (χ0n) is 4.89. The average molecular weight is 134 g/mol. The fourth-order valence-electron chi connectivity index (χ4n) is 0.262. The average Bonchev–Trinajstić information content (AvgIpc) is 1.61. The van der Waals surface area contributed by atoms with Gasteiger partial charge < -0.3 is 4.55 Å². The van der Waals surface area contributed by atoms with E-state index in [2.05, 4.69) is 6.58 Å². The van der Waals surface area contributed by atoms with Gasteiger partial charge in [0.15, 0.2) is 11.1 Å². The van der Waals surface area contributed by atoms with Crippen molar-refractivity contribution >= 4 is 11.1 Å². The number of hydrogen-bond acceptors (Lipinski definition) is 1. The molecule has 0 bridgehead atoms. The molecule has 0 saturated heterocycles. The van der Waals surface area contributed by atoms with Crippen LogP contribution in [0.4, 0.5) is 0 Å². The molecule has 0 aromatic rings. The van der Waals surface area contributed by atoms with E-state index >= 15 is 0 Å². The van der Waals surface area contributed by atoms with Crippen LogP contribution in [0.25, 0.3) is 0 Å². The molecule has 0 aliphatic heterocycles. The van der Waals surface area contributed by atoms with E-state index in [1.165, 1.54) is 0 Å². The van der Waals surface area contributed by atoms with Crippen molar-refractivity contribution in [3.8, 4) is 0 Å². The first-order chi connectivity index (χ1) is 3.63. The summed E-state index contributed by atoms with van der Waals surface area (Å²) in [5.41, 5.74) is 0.951. The summed E-state index contributed by atoms with van der Waals surface area (Å²) in [6, 6.07) is 0. The van der Waals surface area contributed by atoms with Crippen molar-refractivity contribution in [3.63, 3.8) is 0 Å². The number of rotatable bonds is 3. The Bertz CT molecular complexity index is 95.0. The third-order valence-corrected chi connectivity index (χ3v) is 1.26. The third-order valence-electron chi connectivity index (χ3n) is 0.703. The summed E-state index contributed by atoms with van der Waals surface area (Å²) in [7, 11) is 0. The van der Waals surface area contributed by atoms with Gasteiger partial charge in [-0.15, -0.1) is 6.58 Å². The number of allylic oxidation sites excluding steroid dienone is 1. The van der Waals surface area contributed by atoms with Crippen LogP contribution < -0.4 is 0 Å². The standard InChI is InChI=1S/C5H10O2S/c1-5(2)3-4-8(6)7/h1,3-4H2,2H3,(H,6,7). The topological polar surface area (TPSA) is 37.3 Å². The SMILES string of the molecule is C=C(C)CCS(=O)O. The quantitative estimate of drug-likeness (QED) is 0.464. The molecular formula is C5H10O2S. The Morgan fingerprint density at radius 2 is 2.38 bits per heavy atom. The van der Waals surface area contributed by atoms with Gasteiger partial charge in [0.2, 0.25) is 0 Å². The maximum absolute atomic E-state index is 9.97. The van der Waals surface area contributed by atoms with Crippen LogP contribution in [-0.4, -0.2) is 14.5 Å². The van der Waals surface area contributed by atoms with Gasteiger partial charge in [0, 0.05) is 0 Å². The summed E-state index contributed by atoms with van der Waals surface area (Å²) < 4.78 is 18.2. The fraction of sp³-hybridized carbons (Fsp3) is 0.600.